The van der Waals surface area contributed by atoms with Crippen LogP contribution >= 0.6 is 0 Å². The zero-order valence-corrected chi connectivity index (χ0v) is 10.7. The lowest BCUT2D eigenvalue weighted by molar-refractivity contribution is 0.148. The van der Waals surface area contributed by atoms with Crippen molar-refractivity contribution in [2.24, 2.45) is 22.2 Å². The van der Waals surface area contributed by atoms with Crippen molar-refractivity contribution in [3.05, 3.63) is 11.6 Å². The van der Waals surface area contributed by atoms with Crippen LogP contribution in [0.2, 0.25) is 0 Å². The van der Waals surface area contributed by atoms with Gasteiger partial charge in [-0.2, -0.15) is 0 Å². The second-order valence-electron chi connectivity index (χ2n) is 7.06. The van der Waals surface area contributed by atoms with Gasteiger partial charge in [0.1, 0.15) is 0 Å². The third kappa shape index (κ3) is 0.905. The molecule has 0 heteroatoms. The molecule has 3 atom stereocenters. The fourth-order valence-electron chi connectivity index (χ4n) is 4.81. The van der Waals surface area contributed by atoms with Crippen molar-refractivity contribution in [1.29, 1.82) is 0 Å². The topological polar surface area (TPSA) is 0 Å². The highest BCUT2D eigenvalue weighted by Gasteiger charge is 2.76. The van der Waals surface area contributed by atoms with Crippen LogP contribution in [-0.2, 0) is 0 Å². The van der Waals surface area contributed by atoms with E-state index in [1.807, 2.05) is 5.57 Å². The lowest BCUT2D eigenvalue weighted by atomic mass is 9.69. The van der Waals surface area contributed by atoms with Gasteiger partial charge in [-0.3, -0.25) is 0 Å². The fourth-order valence-corrected chi connectivity index (χ4v) is 4.81. The highest BCUT2D eigenvalue weighted by Crippen LogP contribution is 2.84. The van der Waals surface area contributed by atoms with E-state index in [2.05, 4.69) is 33.8 Å². The van der Waals surface area contributed by atoms with E-state index < -0.39 is 0 Å². The summed E-state index contributed by atoms with van der Waals surface area (Å²) in [5.41, 5.74) is 3.56. The van der Waals surface area contributed by atoms with Crippen LogP contribution in [0.5, 0.6) is 0 Å². The first-order valence-electron chi connectivity index (χ1n) is 6.64. The summed E-state index contributed by atoms with van der Waals surface area (Å²) in [6.45, 7) is 10.1. The summed E-state index contributed by atoms with van der Waals surface area (Å²) in [6.07, 6.45) is 9.70. The third-order valence-corrected chi connectivity index (χ3v) is 6.42. The van der Waals surface area contributed by atoms with Crippen LogP contribution in [-0.4, -0.2) is 0 Å². The Morgan fingerprint density at radius 1 is 1.13 bits per heavy atom. The number of hydrogen-bond donors (Lipinski definition) is 0. The van der Waals surface area contributed by atoms with E-state index in [1.165, 1.54) is 32.1 Å². The van der Waals surface area contributed by atoms with Crippen LogP contribution in [0.15, 0.2) is 11.6 Å². The number of hydrogen-bond acceptors (Lipinski definition) is 0. The summed E-state index contributed by atoms with van der Waals surface area (Å²) < 4.78 is 0. The Kier molecular flexibility index (Phi) is 1.67. The molecule has 0 amide bonds. The minimum Gasteiger partial charge on any atom is -0.0845 e. The normalized spacial score (nSPS) is 51.5. The van der Waals surface area contributed by atoms with E-state index in [9.17, 15) is 0 Å². The van der Waals surface area contributed by atoms with Gasteiger partial charge in [-0.15, -0.1) is 0 Å². The van der Waals surface area contributed by atoms with Crippen molar-refractivity contribution in [2.75, 3.05) is 0 Å². The average molecular weight is 204 g/mol. The van der Waals surface area contributed by atoms with E-state index in [0.29, 0.717) is 16.2 Å². The van der Waals surface area contributed by atoms with Gasteiger partial charge in [0.15, 0.2) is 0 Å². The predicted molar refractivity (Wildman–Crippen MR) is 64.7 cm³/mol. The van der Waals surface area contributed by atoms with Gasteiger partial charge in [-0.1, -0.05) is 45.8 Å². The highest BCUT2D eigenvalue weighted by atomic mass is 14.8. The Morgan fingerprint density at radius 2 is 1.87 bits per heavy atom. The standard InChI is InChI=1S/C15H24/c1-13(2)11-8-6-5-7-9-12(11)14(3)10-15(13,14)4/h9,11H,5-8,10H2,1-4H3. The average Bonchev–Trinajstić information content (AvgIpc) is 2.77. The first-order valence-corrected chi connectivity index (χ1v) is 6.64. The summed E-state index contributed by atoms with van der Waals surface area (Å²) in [4.78, 5) is 0. The predicted octanol–water partition coefficient (Wildman–Crippen LogP) is 4.56. The molecule has 2 saturated carbocycles. The van der Waals surface area contributed by atoms with Gasteiger partial charge in [0.2, 0.25) is 0 Å². The van der Waals surface area contributed by atoms with Crippen molar-refractivity contribution in [1.82, 2.24) is 0 Å². The smallest absolute Gasteiger partial charge is 0.00483 e. The van der Waals surface area contributed by atoms with E-state index in [0.717, 1.165) is 5.92 Å². The zero-order valence-electron chi connectivity index (χ0n) is 10.7. The Hall–Kier alpha value is -0.260. The van der Waals surface area contributed by atoms with Crippen molar-refractivity contribution in [2.45, 2.75) is 59.8 Å². The Morgan fingerprint density at radius 3 is 2.60 bits per heavy atom. The van der Waals surface area contributed by atoms with Gasteiger partial charge in [0, 0.05) is 0 Å². The van der Waals surface area contributed by atoms with Crippen molar-refractivity contribution < 1.29 is 0 Å². The second-order valence-corrected chi connectivity index (χ2v) is 7.06. The molecule has 3 unspecified atom stereocenters. The summed E-state index contributed by atoms with van der Waals surface area (Å²) in [7, 11) is 0. The Bertz CT molecular complexity index is 336. The van der Waals surface area contributed by atoms with Crippen molar-refractivity contribution >= 4 is 0 Å². The lowest BCUT2D eigenvalue weighted by Gasteiger charge is -2.35. The summed E-state index contributed by atoms with van der Waals surface area (Å²) in [5, 5.41) is 0. The summed E-state index contributed by atoms with van der Waals surface area (Å²) in [5.74, 6) is 0.892. The van der Waals surface area contributed by atoms with E-state index in [4.69, 9.17) is 0 Å². The molecule has 3 aliphatic rings. The van der Waals surface area contributed by atoms with E-state index >= 15 is 0 Å². The Labute approximate surface area is 94.1 Å². The van der Waals surface area contributed by atoms with Crippen molar-refractivity contribution in [3.8, 4) is 0 Å². The molecule has 0 nitrogen and oxygen atoms in total. The molecule has 0 heterocycles. The molecule has 2 fully saturated rings. The Balaban J connectivity index is 2.10. The first-order chi connectivity index (χ1) is 6.93. The van der Waals surface area contributed by atoms with Crippen LogP contribution in [0.3, 0.4) is 0 Å². The minimum atomic E-state index is 0.540. The van der Waals surface area contributed by atoms with E-state index in [-0.39, 0.29) is 0 Å². The number of allylic oxidation sites excluding steroid dienone is 2. The molecule has 0 aromatic carbocycles. The van der Waals surface area contributed by atoms with Crippen molar-refractivity contribution in [3.63, 3.8) is 0 Å². The molecule has 0 N–H and O–H groups in total. The van der Waals surface area contributed by atoms with Gasteiger partial charge in [0.05, 0.1) is 0 Å². The SMILES string of the molecule is CC12CC1(C)C(C)(C)C1CCCCC=C12. The lowest BCUT2D eigenvalue weighted by Crippen LogP contribution is -2.28. The molecular formula is C15H24. The maximum absolute atomic E-state index is 2.61. The third-order valence-electron chi connectivity index (χ3n) is 6.42. The largest absolute Gasteiger partial charge is 0.0845 e. The van der Waals surface area contributed by atoms with Gasteiger partial charge >= 0.3 is 0 Å². The molecule has 0 bridgehead atoms. The summed E-state index contributed by atoms with van der Waals surface area (Å²) in [6, 6.07) is 0. The van der Waals surface area contributed by atoms with Gasteiger partial charge in [-0.05, 0) is 47.8 Å². The highest BCUT2D eigenvalue weighted by molar-refractivity contribution is 5.42. The molecule has 3 rings (SSSR count). The molecule has 84 valence electrons. The summed E-state index contributed by atoms with van der Waals surface area (Å²) >= 11 is 0. The monoisotopic (exact) mass is 204 g/mol. The van der Waals surface area contributed by atoms with Crippen LogP contribution in [0.1, 0.15) is 59.8 Å². The molecular weight excluding hydrogens is 180 g/mol. The molecule has 0 spiro atoms. The molecule has 0 aromatic heterocycles. The number of fused-ring (bicyclic) bond motifs is 3. The van der Waals surface area contributed by atoms with Crippen LogP contribution in [0.25, 0.3) is 0 Å². The molecule has 0 aromatic rings. The quantitative estimate of drug-likeness (QED) is 0.507. The fraction of sp³-hybridized carbons (Fsp3) is 0.867. The van der Waals surface area contributed by atoms with E-state index in [1.54, 1.807) is 0 Å². The first kappa shape index (κ1) is 9.93. The molecule has 3 aliphatic carbocycles. The van der Waals surface area contributed by atoms with Crippen LogP contribution < -0.4 is 0 Å². The van der Waals surface area contributed by atoms with Gasteiger partial charge in [0.25, 0.3) is 0 Å². The van der Waals surface area contributed by atoms with Gasteiger partial charge in [-0.25, -0.2) is 0 Å². The molecule has 0 radical (unpaired) electrons. The second kappa shape index (κ2) is 2.52. The minimum absolute atomic E-state index is 0.540. The molecule has 15 heavy (non-hydrogen) atoms. The number of rotatable bonds is 0. The molecule has 0 saturated heterocycles. The van der Waals surface area contributed by atoms with Crippen LogP contribution in [0.4, 0.5) is 0 Å². The van der Waals surface area contributed by atoms with Crippen LogP contribution in [0, 0.1) is 22.2 Å². The zero-order chi connectivity index (χ0) is 10.9. The maximum atomic E-state index is 2.61. The van der Waals surface area contributed by atoms with Gasteiger partial charge < -0.3 is 0 Å². The molecule has 0 aliphatic heterocycles. The maximum Gasteiger partial charge on any atom is -0.00483 e.